The van der Waals surface area contributed by atoms with Gasteiger partial charge in [0, 0.05) is 29.6 Å². The topological polar surface area (TPSA) is 84.3 Å². The number of piperidine rings is 1. The van der Waals surface area contributed by atoms with Gasteiger partial charge in [0.1, 0.15) is 0 Å². The SMILES string of the molecule is Cl.O=C(NCc1cc([N+](=O)[O-])ccc1Cl)C1CC12CCNCC2. The van der Waals surface area contributed by atoms with Gasteiger partial charge in [-0.3, -0.25) is 14.9 Å². The Balaban J connectivity index is 0.00000192. The number of nitrogens with zero attached hydrogens (tertiary/aromatic N) is 1. The van der Waals surface area contributed by atoms with Gasteiger partial charge in [0.15, 0.2) is 0 Å². The van der Waals surface area contributed by atoms with Crippen LogP contribution in [0.1, 0.15) is 24.8 Å². The first-order chi connectivity index (χ1) is 10.5. The first-order valence-corrected chi connectivity index (χ1v) is 7.81. The predicted molar refractivity (Wildman–Crippen MR) is 89.8 cm³/mol. The minimum Gasteiger partial charge on any atom is -0.352 e. The molecule has 1 heterocycles. The molecule has 8 heteroatoms. The van der Waals surface area contributed by atoms with E-state index in [1.54, 1.807) is 0 Å². The van der Waals surface area contributed by atoms with Crippen LogP contribution >= 0.6 is 24.0 Å². The Morgan fingerprint density at radius 1 is 1.43 bits per heavy atom. The second-order valence-electron chi connectivity index (χ2n) is 6.12. The molecule has 1 saturated heterocycles. The number of non-ortho nitro benzene ring substituents is 1. The van der Waals surface area contributed by atoms with Crippen LogP contribution in [0, 0.1) is 21.4 Å². The van der Waals surface area contributed by atoms with Crippen LogP contribution in [0.25, 0.3) is 0 Å². The Hall–Kier alpha value is -1.37. The summed E-state index contributed by atoms with van der Waals surface area (Å²) < 4.78 is 0. The molecule has 2 aliphatic rings. The highest BCUT2D eigenvalue weighted by Gasteiger charge is 2.57. The molecule has 2 fully saturated rings. The Bertz CT molecular complexity index is 618. The average Bonchev–Trinajstić information content (AvgIpc) is 3.20. The van der Waals surface area contributed by atoms with Crippen molar-refractivity contribution in [1.29, 1.82) is 0 Å². The second kappa shape index (κ2) is 7.03. The molecule has 1 aliphatic heterocycles. The largest absolute Gasteiger partial charge is 0.352 e. The van der Waals surface area contributed by atoms with Crippen molar-refractivity contribution in [3.8, 4) is 0 Å². The monoisotopic (exact) mass is 359 g/mol. The summed E-state index contributed by atoms with van der Waals surface area (Å²) in [6, 6.07) is 4.26. The van der Waals surface area contributed by atoms with Crippen LogP contribution in [-0.4, -0.2) is 23.9 Å². The number of carbonyl (C=O) groups excluding carboxylic acids is 1. The van der Waals surface area contributed by atoms with Gasteiger partial charge in [-0.2, -0.15) is 0 Å². The minimum atomic E-state index is -0.466. The van der Waals surface area contributed by atoms with E-state index < -0.39 is 4.92 Å². The van der Waals surface area contributed by atoms with E-state index in [2.05, 4.69) is 10.6 Å². The van der Waals surface area contributed by atoms with Crippen molar-refractivity contribution in [2.75, 3.05) is 13.1 Å². The van der Waals surface area contributed by atoms with Gasteiger partial charge in [-0.25, -0.2) is 0 Å². The smallest absolute Gasteiger partial charge is 0.269 e. The molecule has 1 aliphatic carbocycles. The number of benzene rings is 1. The van der Waals surface area contributed by atoms with Crippen molar-refractivity contribution in [1.82, 2.24) is 10.6 Å². The van der Waals surface area contributed by atoms with Crippen molar-refractivity contribution in [3.05, 3.63) is 38.9 Å². The fraction of sp³-hybridized carbons (Fsp3) is 0.533. The van der Waals surface area contributed by atoms with Crippen LogP contribution in [0.3, 0.4) is 0 Å². The van der Waals surface area contributed by atoms with Crippen LogP contribution in [0.2, 0.25) is 5.02 Å². The minimum absolute atomic E-state index is 0. The molecule has 1 aromatic rings. The van der Waals surface area contributed by atoms with Gasteiger partial charge >= 0.3 is 0 Å². The summed E-state index contributed by atoms with van der Waals surface area (Å²) in [5.74, 6) is 0.108. The van der Waals surface area contributed by atoms with E-state index >= 15 is 0 Å². The van der Waals surface area contributed by atoms with Gasteiger partial charge in [-0.15, -0.1) is 12.4 Å². The van der Waals surface area contributed by atoms with Crippen molar-refractivity contribution in [2.24, 2.45) is 11.3 Å². The van der Waals surface area contributed by atoms with Crippen LogP contribution in [-0.2, 0) is 11.3 Å². The molecule has 0 radical (unpaired) electrons. The van der Waals surface area contributed by atoms with Gasteiger partial charge in [0.25, 0.3) is 5.69 Å². The lowest BCUT2D eigenvalue weighted by Gasteiger charge is -2.23. The Morgan fingerprint density at radius 3 is 2.78 bits per heavy atom. The van der Waals surface area contributed by atoms with Crippen molar-refractivity contribution < 1.29 is 9.72 Å². The molecule has 126 valence electrons. The molecule has 1 spiro atoms. The Kier molecular flexibility index (Phi) is 5.49. The molecule has 0 bridgehead atoms. The highest BCUT2D eigenvalue weighted by Crippen LogP contribution is 2.58. The summed E-state index contributed by atoms with van der Waals surface area (Å²) in [7, 11) is 0. The quantitative estimate of drug-likeness (QED) is 0.639. The summed E-state index contributed by atoms with van der Waals surface area (Å²) in [5, 5.41) is 17.4. The standard InChI is InChI=1S/C15H18ClN3O3.ClH/c16-13-2-1-11(19(21)22)7-10(13)9-18-14(20)12-8-15(12)3-5-17-6-4-15;/h1-2,7,12,17H,3-6,8-9H2,(H,18,20);1H. The van der Waals surface area contributed by atoms with E-state index in [-0.39, 0.29) is 41.9 Å². The van der Waals surface area contributed by atoms with Crippen molar-refractivity contribution >= 4 is 35.6 Å². The predicted octanol–water partition coefficient (Wildman–Crippen LogP) is 2.68. The van der Waals surface area contributed by atoms with E-state index in [9.17, 15) is 14.9 Å². The van der Waals surface area contributed by atoms with E-state index in [1.807, 2.05) is 0 Å². The zero-order valence-corrected chi connectivity index (χ0v) is 14.1. The number of nitro benzene ring substituents is 1. The summed E-state index contributed by atoms with van der Waals surface area (Å²) in [4.78, 5) is 22.6. The van der Waals surface area contributed by atoms with E-state index in [1.165, 1.54) is 18.2 Å². The molecule has 1 amide bonds. The van der Waals surface area contributed by atoms with Crippen LogP contribution in [0.5, 0.6) is 0 Å². The fourth-order valence-corrected chi connectivity index (χ4v) is 3.50. The molecule has 3 rings (SSSR count). The third-order valence-electron chi connectivity index (χ3n) is 4.80. The molecular weight excluding hydrogens is 341 g/mol. The van der Waals surface area contributed by atoms with Gasteiger partial charge in [0.2, 0.25) is 5.91 Å². The normalized spacial score (nSPS) is 21.3. The highest BCUT2D eigenvalue weighted by atomic mass is 35.5. The molecule has 1 aromatic carbocycles. The summed E-state index contributed by atoms with van der Waals surface area (Å²) >= 11 is 6.04. The number of nitrogens with one attached hydrogen (secondary N) is 2. The summed E-state index contributed by atoms with van der Waals surface area (Å²) in [6.07, 6.45) is 3.04. The maximum Gasteiger partial charge on any atom is 0.269 e. The molecule has 23 heavy (non-hydrogen) atoms. The number of carbonyl (C=O) groups is 1. The second-order valence-corrected chi connectivity index (χ2v) is 6.53. The zero-order chi connectivity index (χ0) is 15.7. The summed E-state index contributed by atoms with van der Waals surface area (Å²) in [6.45, 7) is 2.17. The number of nitro groups is 1. The van der Waals surface area contributed by atoms with E-state index in [0.29, 0.717) is 10.6 Å². The number of hydrogen-bond acceptors (Lipinski definition) is 4. The first-order valence-electron chi connectivity index (χ1n) is 7.43. The van der Waals surface area contributed by atoms with Crippen molar-refractivity contribution in [3.63, 3.8) is 0 Å². The average molecular weight is 360 g/mol. The molecule has 0 aromatic heterocycles. The lowest BCUT2D eigenvalue weighted by Crippen LogP contribution is -2.33. The Labute approximate surface area is 145 Å². The van der Waals surface area contributed by atoms with Gasteiger partial charge < -0.3 is 10.6 Å². The molecule has 1 saturated carbocycles. The van der Waals surface area contributed by atoms with E-state index in [0.717, 1.165) is 32.4 Å². The van der Waals surface area contributed by atoms with Gasteiger partial charge in [-0.05, 0) is 49.4 Å². The number of hydrogen-bond donors (Lipinski definition) is 2. The highest BCUT2D eigenvalue weighted by molar-refractivity contribution is 6.31. The van der Waals surface area contributed by atoms with Crippen LogP contribution < -0.4 is 10.6 Å². The molecule has 2 N–H and O–H groups in total. The van der Waals surface area contributed by atoms with Crippen LogP contribution in [0.15, 0.2) is 18.2 Å². The molecular formula is C15H19Cl2N3O3. The van der Waals surface area contributed by atoms with Crippen molar-refractivity contribution in [2.45, 2.75) is 25.8 Å². The lowest BCUT2D eigenvalue weighted by molar-refractivity contribution is -0.384. The molecule has 6 nitrogen and oxygen atoms in total. The van der Waals surface area contributed by atoms with Gasteiger partial charge in [-0.1, -0.05) is 11.6 Å². The number of rotatable bonds is 4. The fourth-order valence-electron chi connectivity index (χ4n) is 3.31. The molecule has 1 unspecified atom stereocenters. The lowest BCUT2D eigenvalue weighted by atomic mass is 9.92. The van der Waals surface area contributed by atoms with E-state index in [4.69, 9.17) is 11.6 Å². The Morgan fingerprint density at radius 2 is 2.13 bits per heavy atom. The maximum absolute atomic E-state index is 12.3. The zero-order valence-electron chi connectivity index (χ0n) is 12.5. The van der Waals surface area contributed by atoms with Crippen LogP contribution in [0.4, 0.5) is 5.69 Å². The molecule has 1 atom stereocenters. The van der Waals surface area contributed by atoms with Gasteiger partial charge in [0.05, 0.1) is 4.92 Å². The maximum atomic E-state index is 12.3. The number of halogens is 2. The third-order valence-corrected chi connectivity index (χ3v) is 5.17. The first kappa shape index (κ1) is 18.0. The third kappa shape index (κ3) is 3.76. The number of amides is 1. The summed E-state index contributed by atoms with van der Waals surface area (Å²) in [5.41, 5.74) is 0.737.